The van der Waals surface area contributed by atoms with Crippen LogP contribution in [0.2, 0.25) is 0 Å². The van der Waals surface area contributed by atoms with Gasteiger partial charge in [-0.25, -0.2) is 4.39 Å². The highest BCUT2D eigenvalue weighted by Crippen LogP contribution is 2.35. The Kier molecular flexibility index (Phi) is 3.17. The molecule has 0 saturated heterocycles. The summed E-state index contributed by atoms with van der Waals surface area (Å²) in [4.78, 5) is 0. The van der Waals surface area contributed by atoms with Gasteiger partial charge in [0, 0.05) is 0 Å². The van der Waals surface area contributed by atoms with Gasteiger partial charge in [0.15, 0.2) is 11.6 Å². The van der Waals surface area contributed by atoms with E-state index in [2.05, 4.69) is 0 Å². The third kappa shape index (κ3) is 3.12. The highest BCUT2D eigenvalue weighted by molar-refractivity contribution is 5.33. The molecule has 0 aliphatic carbocycles. The van der Waals surface area contributed by atoms with E-state index >= 15 is 0 Å². The SMILES string of the molecule is CC(C)(C)Oc1cccc(C(F)(F)F)c1F. The van der Waals surface area contributed by atoms with Crippen molar-refractivity contribution in [2.24, 2.45) is 0 Å². The minimum Gasteiger partial charge on any atom is -0.485 e. The van der Waals surface area contributed by atoms with Gasteiger partial charge in [0.1, 0.15) is 5.60 Å². The Balaban J connectivity index is 3.15. The Morgan fingerprint density at radius 1 is 1.06 bits per heavy atom. The topological polar surface area (TPSA) is 9.23 Å². The van der Waals surface area contributed by atoms with Crippen LogP contribution in [0.5, 0.6) is 5.75 Å². The second-order valence-corrected chi connectivity index (χ2v) is 4.33. The molecule has 0 N–H and O–H groups in total. The van der Waals surface area contributed by atoms with Crippen molar-refractivity contribution in [3.05, 3.63) is 29.6 Å². The molecule has 1 rings (SSSR count). The maximum atomic E-state index is 13.5. The maximum absolute atomic E-state index is 13.5. The third-order valence-electron chi connectivity index (χ3n) is 1.68. The number of rotatable bonds is 1. The normalized spacial score (nSPS) is 12.7. The molecule has 5 heteroatoms. The average molecular weight is 236 g/mol. The van der Waals surface area contributed by atoms with E-state index in [0.717, 1.165) is 6.07 Å². The van der Waals surface area contributed by atoms with Gasteiger partial charge in [-0.2, -0.15) is 13.2 Å². The summed E-state index contributed by atoms with van der Waals surface area (Å²) >= 11 is 0. The van der Waals surface area contributed by atoms with Gasteiger partial charge in [-0.1, -0.05) is 6.07 Å². The molecule has 0 atom stereocenters. The van der Waals surface area contributed by atoms with Crippen molar-refractivity contribution in [3.63, 3.8) is 0 Å². The Morgan fingerprint density at radius 3 is 2.06 bits per heavy atom. The molecular weight excluding hydrogens is 224 g/mol. The van der Waals surface area contributed by atoms with Crippen molar-refractivity contribution in [3.8, 4) is 5.75 Å². The van der Waals surface area contributed by atoms with E-state index < -0.39 is 23.2 Å². The van der Waals surface area contributed by atoms with E-state index in [1.807, 2.05) is 0 Å². The van der Waals surface area contributed by atoms with Crippen LogP contribution in [0.25, 0.3) is 0 Å². The first kappa shape index (κ1) is 12.8. The largest absolute Gasteiger partial charge is 0.485 e. The zero-order valence-electron chi connectivity index (χ0n) is 9.15. The molecule has 0 aliphatic heterocycles. The van der Waals surface area contributed by atoms with Gasteiger partial charge in [0.2, 0.25) is 0 Å². The van der Waals surface area contributed by atoms with Gasteiger partial charge in [-0.05, 0) is 32.9 Å². The molecule has 0 aromatic heterocycles. The summed E-state index contributed by atoms with van der Waals surface area (Å²) in [6, 6.07) is 2.98. The van der Waals surface area contributed by atoms with Crippen LogP contribution >= 0.6 is 0 Å². The molecule has 90 valence electrons. The summed E-state index contributed by atoms with van der Waals surface area (Å²) < 4.78 is 55.6. The van der Waals surface area contributed by atoms with Crippen molar-refractivity contribution >= 4 is 0 Å². The number of benzene rings is 1. The second kappa shape index (κ2) is 3.96. The first-order chi connectivity index (χ1) is 7.11. The molecule has 16 heavy (non-hydrogen) atoms. The fraction of sp³-hybridized carbons (Fsp3) is 0.455. The van der Waals surface area contributed by atoms with Crippen LogP contribution < -0.4 is 4.74 Å². The molecule has 1 aromatic carbocycles. The van der Waals surface area contributed by atoms with Gasteiger partial charge in [0.25, 0.3) is 0 Å². The smallest absolute Gasteiger partial charge is 0.419 e. The van der Waals surface area contributed by atoms with Gasteiger partial charge in [0.05, 0.1) is 5.56 Å². The molecule has 0 heterocycles. The number of ether oxygens (including phenoxy) is 1. The number of alkyl halides is 3. The Hall–Kier alpha value is -1.26. The lowest BCUT2D eigenvalue weighted by atomic mass is 10.1. The first-order valence-corrected chi connectivity index (χ1v) is 4.66. The summed E-state index contributed by atoms with van der Waals surface area (Å²) in [6.45, 7) is 4.89. The molecule has 0 aliphatic rings. The first-order valence-electron chi connectivity index (χ1n) is 4.66. The minimum absolute atomic E-state index is 0.387. The van der Waals surface area contributed by atoms with Gasteiger partial charge < -0.3 is 4.74 Å². The van der Waals surface area contributed by atoms with E-state index in [4.69, 9.17) is 4.74 Å². The molecule has 0 bridgehead atoms. The van der Waals surface area contributed by atoms with Crippen LogP contribution in [0.15, 0.2) is 18.2 Å². The highest BCUT2D eigenvalue weighted by Gasteiger charge is 2.35. The molecule has 0 saturated carbocycles. The van der Waals surface area contributed by atoms with Crippen LogP contribution in [0.4, 0.5) is 17.6 Å². The van der Waals surface area contributed by atoms with Crippen molar-refractivity contribution in [2.45, 2.75) is 32.5 Å². The molecular formula is C11H12F4O. The molecule has 0 radical (unpaired) electrons. The Labute approximate surface area is 91.0 Å². The van der Waals surface area contributed by atoms with E-state index in [0.29, 0.717) is 6.07 Å². The summed E-state index contributed by atoms with van der Waals surface area (Å²) in [5.74, 6) is -1.76. The summed E-state index contributed by atoms with van der Waals surface area (Å²) in [5.41, 5.74) is -2.06. The quantitative estimate of drug-likeness (QED) is 0.669. The summed E-state index contributed by atoms with van der Waals surface area (Å²) in [5, 5.41) is 0. The monoisotopic (exact) mass is 236 g/mol. The van der Waals surface area contributed by atoms with E-state index in [9.17, 15) is 17.6 Å². The van der Waals surface area contributed by atoms with E-state index in [1.165, 1.54) is 6.07 Å². The third-order valence-corrected chi connectivity index (χ3v) is 1.68. The number of hydrogen-bond acceptors (Lipinski definition) is 1. The molecule has 0 amide bonds. The van der Waals surface area contributed by atoms with E-state index in [1.54, 1.807) is 20.8 Å². The molecule has 1 aromatic rings. The van der Waals surface area contributed by atoms with Crippen molar-refractivity contribution < 1.29 is 22.3 Å². The van der Waals surface area contributed by atoms with Crippen molar-refractivity contribution in [1.82, 2.24) is 0 Å². The zero-order valence-corrected chi connectivity index (χ0v) is 9.15. The van der Waals surface area contributed by atoms with Gasteiger partial charge in [-0.3, -0.25) is 0 Å². The average Bonchev–Trinajstić information content (AvgIpc) is 2.04. The minimum atomic E-state index is -4.71. The van der Waals surface area contributed by atoms with Crippen molar-refractivity contribution in [2.75, 3.05) is 0 Å². The van der Waals surface area contributed by atoms with Gasteiger partial charge >= 0.3 is 6.18 Å². The second-order valence-electron chi connectivity index (χ2n) is 4.33. The highest BCUT2D eigenvalue weighted by atomic mass is 19.4. The van der Waals surface area contributed by atoms with Crippen LogP contribution in [-0.2, 0) is 6.18 Å². The lowest BCUT2D eigenvalue weighted by Gasteiger charge is -2.22. The predicted octanol–water partition coefficient (Wildman–Crippen LogP) is 4.02. The van der Waals surface area contributed by atoms with Crippen LogP contribution in [-0.4, -0.2) is 5.60 Å². The van der Waals surface area contributed by atoms with Gasteiger partial charge in [-0.15, -0.1) is 0 Å². The molecule has 1 nitrogen and oxygen atoms in total. The Morgan fingerprint density at radius 2 is 1.62 bits per heavy atom. The molecule has 0 unspecified atom stereocenters. The molecule has 0 fully saturated rings. The van der Waals surface area contributed by atoms with Crippen molar-refractivity contribution in [1.29, 1.82) is 0 Å². The zero-order chi connectivity index (χ0) is 12.6. The number of halogens is 4. The summed E-state index contributed by atoms with van der Waals surface area (Å²) in [7, 11) is 0. The fourth-order valence-electron chi connectivity index (χ4n) is 1.14. The molecule has 0 spiro atoms. The lowest BCUT2D eigenvalue weighted by molar-refractivity contribution is -0.140. The predicted molar refractivity (Wildman–Crippen MR) is 51.8 cm³/mol. The summed E-state index contributed by atoms with van der Waals surface area (Å²) in [6.07, 6.45) is -4.71. The van der Waals surface area contributed by atoms with E-state index in [-0.39, 0.29) is 5.75 Å². The lowest BCUT2D eigenvalue weighted by Crippen LogP contribution is -2.24. The maximum Gasteiger partial charge on any atom is 0.419 e. The fourth-order valence-corrected chi connectivity index (χ4v) is 1.14. The standard InChI is InChI=1S/C11H12F4O/c1-10(2,3)16-8-6-4-5-7(9(8)12)11(13,14)15/h4-6H,1-3H3. The number of hydrogen-bond donors (Lipinski definition) is 0. The Bertz CT molecular complexity index is 377. The van der Waals surface area contributed by atoms with Crippen LogP contribution in [0.3, 0.4) is 0 Å². The van der Waals surface area contributed by atoms with Crippen LogP contribution in [0.1, 0.15) is 26.3 Å². The van der Waals surface area contributed by atoms with Crippen LogP contribution in [0, 0.1) is 5.82 Å².